The largest absolute Gasteiger partial charge is 0.507 e. The van der Waals surface area contributed by atoms with E-state index in [1.807, 2.05) is 0 Å². The molecular formula is C10H10BO3. The van der Waals surface area contributed by atoms with E-state index in [1.54, 1.807) is 12.1 Å². The van der Waals surface area contributed by atoms with Crippen molar-refractivity contribution in [2.24, 2.45) is 0 Å². The Morgan fingerprint density at radius 1 is 1.50 bits per heavy atom. The average Bonchev–Trinajstić information content (AvgIpc) is 2.15. The molecule has 1 aromatic rings. The molecule has 0 aliphatic carbocycles. The lowest BCUT2D eigenvalue weighted by atomic mass is 10.2. The van der Waals surface area contributed by atoms with E-state index in [-0.39, 0.29) is 26.3 Å². The monoisotopic (exact) mass is 189 g/mol. The molecule has 0 fully saturated rings. The molecule has 14 heavy (non-hydrogen) atoms. The predicted octanol–water partition coefficient (Wildman–Crippen LogP) is 1.35. The molecule has 0 aromatic heterocycles. The van der Waals surface area contributed by atoms with E-state index >= 15 is 0 Å². The van der Waals surface area contributed by atoms with Crippen molar-refractivity contribution in [3.05, 3.63) is 42.5 Å². The third kappa shape index (κ3) is 2.97. The number of benzene rings is 1. The van der Waals surface area contributed by atoms with Crippen LogP contribution in [0.1, 0.15) is 10.4 Å². The summed E-state index contributed by atoms with van der Waals surface area (Å²) < 4.78 is 4.74. The molecule has 1 aromatic carbocycles. The summed E-state index contributed by atoms with van der Waals surface area (Å²) in [7, 11) is 0. The number of hydrogen-bond acceptors (Lipinski definition) is 3. The highest BCUT2D eigenvalue weighted by molar-refractivity contribution is 5.92. The smallest absolute Gasteiger partial charge is 0.342 e. The highest BCUT2D eigenvalue weighted by atomic mass is 16.5. The lowest BCUT2D eigenvalue weighted by molar-refractivity contribution is 0.0546. The van der Waals surface area contributed by atoms with Crippen LogP contribution >= 0.6 is 0 Å². The fourth-order valence-electron chi connectivity index (χ4n) is 0.859. The minimum absolute atomic E-state index is 0. The second-order valence-electron chi connectivity index (χ2n) is 2.40. The van der Waals surface area contributed by atoms with Crippen molar-refractivity contribution >= 4 is 14.4 Å². The van der Waals surface area contributed by atoms with E-state index in [4.69, 9.17) is 4.74 Å². The van der Waals surface area contributed by atoms with Gasteiger partial charge in [0.1, 0.15) is 17.9 Å². The van der Waals surface area contributed by atoms with Crippen molar-refractivity contribution in [2.45, 2.75) is 0 Å². The summed E-state index contributed by atoms with van der Waals surface area (Å²) in [6, 6.07) is 6.23. The first-order chi connectivity index (χ1) is 6.25. The number of carbonyl (C=O) groups is 1. The number of ether oxygens (including phenoxy) is 1. The highest BCUT2D eigenvalue weighted by Crippen LogP contribution is 2.16. The standard InChI is InChI=1S/C10H10O3.B/c1-2-7-13-10(12)8-5-3-4-6-9(8)11;/h2-6,11H,1,7H2;. The summed E-state index contributed by atoms with van der Waals surface area (Å²) in [5, 5.41) is 9.25. The Morgan fingerprint density at radius 2 is 2.14 bits per heavy atom. The van der Waals surface area contributed by atoms with Gasteiger partial charge in [0.15, 0.2) is 0 Å². The van der Waals surface area contributed by atoms with Gasteiger partial charge in [-0.15, -0.1) is 0 Å². The molecule has 4 heteroatoms. The van der Waals surface area contributed by atoms with Crippen molar-refractivity contribution in [1.82, 2.24) is 0 Å². The number of para-hydroxylation sites is 1. The van der Waals surface area contributed by atoms with Gasteiger partial charge in [0.05, 0.1) is 0 Å². The average molecular weight is 189 g/mol. The molecule has 0 amide bonds. The normalized spacial score (nSPS) is 8.57. The number of rotatable bonds is 3. The van der Waals surface area contributed by atoms with Gasteiger partial charge in [-0.1, -0.05) is 24.8 Å². The van der Waals surface area contributed by atoms with Crippen LogP contribution in [0.25, 0.3) is 0 Å². The first-order valence-electron chi connectivity index (χ1n) is 3.81. The molecule has 0 bridgehead atoms. The Labute approximate surface area is 84.6 Å². The Morgan fingerprint density at radius 3 is 2.71 bits per heavy atom. The maximum Gasteiger partial charge on any atom is 0.342 e. The van der Waals surface area contributed by atoms with Gasteiger partial charge < -0.3 is 9.84 Å². The van der Waals surface area contributed by atoms with Crippen LogP contribution in [0.3, 0.4) is 0 Å². The summed E-state index contributed by atoms with van der Waals surface area (Å²) in [5.41, 5.74) is 0.171. The van der Waals surface area contributed by atoms with Gasteiger partial charge in [0.25, 0.3) is 0 Å². The van der Waals surface area contributed by atoms with Crippen LogP contribution in [0.15, 0.2) is 36.9 Å². The summed E-state index contributed by atoms with van der Waals surface area (Å²) in [6.45, 7) is 3.56. The summed E-state index contributed by atoms with van der Waals surface area (Å²) >= 11 is 0. The van der Waals surface area contributed by atoms with Gasteiger partial charge in [-0.25, -0.2) is 4.79 Å². The molecular weight excluding hydrogens is 179 g/mol. The Kier molecular flexibility index (Phi) is 5.14. The van der Waals surface area contributed by atoms with E-state index in [0.717, 1.165) is 0 Å². The molecule has 3 nitrogen and oxygen atoms in total. The Hall–Kier alpha value is -1.71. The van der Waals surface area contributed by atoms with E-state index in [1.165, 1.54) is 18.2 Å². The van der Waals surface area contributed by atoms with Crippen LogP contribution in [0.2, 0.25) is 0 Å². The Balaban J connectivity index is 0.00000169. The molecule has 0 aliphatic heterocycles. The molecule has 3 radical (unpaired) electrons. The van der Waals surface area contributed by atoms with Crippen LogP contribution in [-0.2, 0) is 4.74 Å². The fraction of sp³-hybridized carbons (Fsp3) is 0.100. The number of carbonyl (C=O) groups excluding carboxylic acids is 1. The number of phenolic OH excluding ortho intramolecular Hbond substituents is 1. The van der Waals surface area contributed by atoms with Gasteiger partial charge in [-0.3, -0.25) is 0 Å². The third-order valence-corrected chi connectivity index (χ3v) is 1.46. The van der Waals surface area contributed by atoms with Crippen molar-refractivity contribution in [3.63, 3.8) is 0 Å². The topological polar surface area (TPSA) is 46.5 Å². The zero-order chi connectivity index (χ0) is 9.68. The van der Waals surface area contributed by atoms with E-state index in [9.17, 15) is 9.90 Å². The number of aromatic hydroxyl groups is 1. The number of phenols is 1. The molecule has 0 unspecified atom stereocenters. The molecule has 1 N–H and O–H groups in total. The van der Waals surface area contributed by atoms with Crippen LogP contribution in [-0.4, -0.2) is 26.1 Å². The SMILES string of the molecule is C=CCOC(=O)c1ccccc1O.[B]. The first-order valence-corrected chi connectivity index (χ1v) is 3.81. The van der Waals surface area contributed by atoms with Gasteiger partial charge >= 0.3 is 5.97 Å². The van der Waals surface area contributed by atoms with Crippen LogP contribution in [0, 0.1) is 0 Å². The van der Waals surface area contributed by atoms with E-state index < -0.39 is 5.97 Å². The van der Waals surface area contributed by atoms with Crippen LogP contribution in [0.5, 0.6) is 5.75 Å². The van der Waals surface area contributed by atoms with Crippen LogP contribution < -0.4 is 0 Å². The quantitative estimate of drug-likeness (QED) is 0.443. The van der Waals surface area contributed by atoms with Gasteiger partial charge in [0, 0.05) is 8.41 Å². The fourth-order valence-corrected chi connectivity index (χ4v) is 0.859. The van der Waals surface area contributed by atoms with Gasteiger partial charge in [-0.2, -0.15) is 0 Å². The van der Waals surface area contributed by atoms with Crippen LogP contribution in [0.4, 0.5) is 0 Å². The maximum atomic E-state index is 11.2. The molecule has 71 valence electrons. The number of esters is 1. The zero-order valence-electron chi connectivity index (χ0n) is 7.64. The van der Waals surface area contributed by atoms with Crippen molar-refractivity contribution in [2.75, 3.05) is 6.61 Å². The molecule has 0 spiro atoms. The highest BCUT2D eigenvalue weighted by Gasteiger charge is 2.09. The first kappa shape index (κ1) is 12.3. The molecule has 0 saturated heterocycles. The summed E-state index contributed by atoms with van der Waals surface area (Å²) in [6.07, 6.45) is 1.47. The lowest BCUT2D eigenvalue weighted by Gasteiger charge is -2.02. The summed E-state index contributed by atoms with van der Waals surface area (Å²) in [4.78, 5) is 11.2. The van der Waals surface area contributed by atoms with E-state index in [0.29, 0.717) is 0 Å². The zero-order valence-corrected chi connectivity index (χ0v) is 7.64. The van der Waals surface area contributed by atoms with Gasteiger partial charge in [-0.05, 0) is 12.1 Å². The second kappa shape index (κ2) is 5.86. The lowest BCUT2D eigenvalue weighted by Crippen LogP contribution is -2.04. The Bertz CT molecular complexity index is 323. The minimum Gasteiger partial charge on any atom is -0.507 e. The van der Waals surface area contributed by atoms with Gasteiger partial charge in [0.2, 0.25) is 0 Å². The molecule has 0 aliphatic rings. The molecule has 0 atom stereocenters. The molecule has 0 heterocycles. The third-order valence-electron chi connectivity index (χ3n) is 1.46. The number of hydrogen-bond donors (Lipinski definition) is 1. The molecule has 0 saturated carbocycles. The summed E-state index contributed by atoms with van der Waals surface area (Å²) in [5.74, 6) is -0.616. The molecule has 1 rings (SSSR count). The maximum absolute atomic E-state index is 11.2. The second-order valence-corrected chi connectivity index (χ2v) is 2.40. The predicted molar refractivity (Wildman–Crippen MR) is 54.3 cm³/mol. The minimum atomic E-state index is -0.544. The van der Waals surface area contributed by atoms with Crippen molar-refractivity contribution in [3.8, 4) is 5.75 Å². The van der Waals surface area contributed by atoms with Crippen molar-refractivity contribution in [1.29, 1.82) is 0 Å². The van der Waals surface area contributed by atoms with Crippen molar-refractivity contribution < 1.29 is 14.6 Å². The van der Waals surface area contributed by atoms with E-state index in [2.05, 4.69) is 6.58 Å².